The van der Waals surface area contributed by atoms with Crippen molar-refractivity contribution in [1.82, 2.24) is 0 Å². The van der Waals surface area contributed by atoms with Crippen LogP contribution in [0.15, 0.2) is 0 Å². The van der Waals surface area contributed by atoms with Crippen molar-refractivity contribution < 1.29 is 19.1 Å². The van der Waals surface area contributed by atoms with Crippen LogP contribution >= 0.6 is 0 Å². The lowest BCUT2D eigenvalue weighted by atomic mass is 10.00. The predicted molar refractivity (Wildman–Crippen MR) is 70.1 cm³/mol. The highest BCUT2D eigenvalue weighted by molar-refractivity contribution is 5.94. The fraction of sp³-hybridized carbons (Fsp3) is 0.857. The minimum atomic E-state index is -0.754. The van der Waals surface area contributed by atoms with Crippen LogP contribution in [0.4, 0.5) is 0 Å². The van der Waals surface area contributed by atoms with Crippen LogP contribution in [0.1, 0.15) is 58.3 Å². The Morgan fingerprint density at radius 3 is 1.72 bits per heavy atom. The molecule has 0 bridgehead atoms. The third kappa shape index (κ3) is 7.30. The number of methoxy groups -OCH3 is 2. The molecule has 0 aliphatic heterocycles. The van der Waals surface area contributed by atoms with E-state index in [9.17, 15) is 9.59 Å². The van der Waals surface area contributed by atoms with E-state index in [2.05, 4.69) is 16.4 Å². The molecule has 106 valence electrons. The molecule has 0 aromatic rings. The smallest absolute Gasteiger partial charge is 0.320 e. The van der Waals surface area contributed by atoms with Crippen LogP contribution in [-0.2, 0) is 19.1 Å². The normalized spacial score (nSPS) is 10.4. The topological polar surface area (TPSA) is 52.6 Å². The van der Waals surface area contributed by atoms with Gasteiger partial charge in [-0.05, 0) is 6.42 Å². The lowest BCUT2D eigenvalue weighted by Crippen LogP contribution is -2.26. The summed E-state index contributed by atoms with van der Waals surface area (Å²) in [6, 6.07) is 0. The van der Waals surface area contributed by atoms with Crippen molar-refractivity contribution in [2.24, 2.45) is 5.92 Å². The first kappa shape index (κ1) is 16.9. The maximum absolute atomic E-state index is 11.4. The van der Waals surface area contributed by atoms with Crippen molar-refractivity contribution in [1.29, 1.82) is 0 Å². The molecule has 0 aliphatic rings. The van der Waals surface area contributed by atoms with E-state index in [4.69, 9.17) is 0 Å². The summed E-state index contributed by atoms with van der Waals surface area (Å²) in [5.41, 5.74) is 0. The average Bonchev–Trinajstić information content (AvgIpc) is 2.40. The summed E-state index contributed by atoms with van der Waals surface area (Å²) in [6.07, 6.45) is 8.62. The molecule has 0 aliphatic carbocycles. The number of carbonyl (C=O) groups is 2. The molecule has 0 unspecified atom stereocenters. The predicted octanol–water partition coefficient (Wildman–Crippen LogP) is 3.09. The van der Waals surface area contributed by atoms with Gasteiger partial charge < -0.3 is 9.47 Å². The second-order valence-electron chi connectivity index (χ2n) is 4.51. The van der Waals surface area contributed by atoms with Crippen molar-refractivity contribution in [3.05, 3.63) is 0 Å². The molecule has 0 aromatic heterocycles. The first-order valence-electron chi connectivity index (χ1n) is 6.83. The molecule has 0 radical (unpaired) electrons. The van der Waals surface area contributed by atoms with E-state index in [1.807, 2.05) is 0 Å². The SMILES string of the molecule is CCCCCCCCCC(C(=O)OC)C(=O)OC. The van der Waals surface area contributed by atoms with E-state index in [1.165, 1.54) is 39.9 Å². The van der Waals surface area contributed by atoms with Gasteiger partial charge in [0, 0.05) is 0 Å². The fourth-order valence-electron chi connectivity index (χ4n) is 1.92. The van der Waals surface area contributed by atoms with E-state index < -0.39 is 17.9 Å². The number of carbonyl (C=O) groups excluding carboxylic acids is 2. The monoisotopic (exact) mass is 258 g/mol. The zero-order chi connectivity index (χ0) is 13.8. The average molecular weight is 258 g/mol. The van der Waals surface area contributed by atoms with E-state index in [1.54, 1.807) is 0 Å². The molecule has 0 heterocycles. The van der Waals surface area contributed by atoms with E-state index in [0.29, 0.717) is 6.42 Å². The number of esters is 2. The molecule has 0 spiro atoms. The molecule has 4 nitrogen and oxygen atoms in total. The second-order valence-corrected chi connectivity index (χ2v) is 4.51. The molecular weight excluding hydrogens is 232 g/mol. The number of rotatable bonds is 10. The number of hydrogen-bond donors (Lipinski definition) is 0. The number of unbranched alkanes of at least 4 members (excludes halogenated alkanes) is 6. The molecule has 0 amide bonds. The largest absolute Gasteiger partial charge is 0.468 e. The van der Waals surface area contributed by atoms with Gasteiger partial charge in [-0.3, -0.25) is 9.59 Å². The molecule has 0 atom stereocenters. The lowest BCUT2D eigenvalue weighted by Gasteiger charge is -2.11. The Morgan fingerprint density at radius 2 is 1.28 bits per heavy atom. The molecular formula is C14H26O4. The molecule has 0 saturated carbocycles. The van der Waals surface area contributed by atoms with Crippen molar-refractivity contribution >= 4 is 11.9 Å². The molecule has 18 heavy (non-hydrogen) atoms. The van der Waals surface area contributed by atoms with Gasteiger partial charge in [0.15, 0.2) is 5.92 Å². The second kappa shape index (κ2) is 11.1. The van der Waals surface area contributed by atoms with E-state index in [0.717, 1.165) is 19.3 Å². The summed E-state index contributed by atoms with van der Waals surface area (Å²) in [5, 5.41) is 0. The Hall–Kier alpha value is -1.06. The maximum Gasteiger partial charge on any atom is 0.320 e. The molecule has 0 saturated heterocycles. The van der Waals surface area contributed by atoms with Crippen LogP contribution in [0.3, 0.4) is 0 Å². The third-order valence-corrected chi connectivity index (χ3v) is 3.07. The third-order valence-electron chi connectivity index (χ3n) is 3.07. The Kier molecular flexibility index (Phi) is 10.4. The highest BCUT2D eigenvalue weighted by atomic mass is 16.5. The van der Waals surface area contributed by atoms with Crippen LogP contribution in [0, 0.1) is 5.92 Å². The van der Waals surface area contributed by atoms with Gasteiger partial charge in [-0.1, -0.05) is 51.9 Å². The zero-order valence-corrected chi connectivity index (χ0v) is 11.9. The van der Waals surface area contributed by atoms with Gasteiger partial charge in [-0.2, -0.15) is 0 Å². The Morgan fingerprint density at radius 1 is 0.833 bits per heavy atom. The quantitative estimate of drug-likeness (QED) is 0.343. The standard InChI is InChI=1S/C14H26O4/c1-4-5-6-7-8-9-10-11-12(13(15)17-2)14(16)18-3/h12H,4-11H2,1-3H3. The molecule has 0 fully saturated rings. The number of hydrogen-bond acceptors (Lipinski definition) is 4. The first-order chi connectivity index (χ1) is 8.67. The highest BCUT2D eigenvalue weighted by Crippen LogP contribution is 2.15. The Balaban J connectivity index is 3.77. The van der Waals surface area contributed by atoms with Gasteiger partial charge in [-0.25, -0.2) is 0 Å². The summed E-state index contributed by atoms with van der Waals surface area (Å²) >= 11 is 0. The summed E-state index contributed by atoms with van der Waals surface area (Å²) < 4.78 is 9.21. The van der Waals surface area contributed by atoms with Crippen molar-refractivity contribution in [3.8, 4) is 0 Å². The Bertz CT molecular complexity index is 222. The first-order valence-corrected chi connectivity index (χ1v) is 6.83. The van der Waals surface area contributed by atoms with Crippen molar-refractivity contribution in [2.45, 2.75) is 58.3 Å². The summed E-state index contributed by atoms with van der Waals surface area (Å²) in [7, 11) is 2.59. The van der Waals surface area contributed by atoms with Gasteiger partial charge in [0.25, 0.3) is 0 Å². The van der Waals surface area contributed by atoms with Crippen molar-refractivity contribution in [3.63, 3.8) is 0 Å². The Labute approximate surface area is 110 Å². The van der Waals surface area contributed by atoms with Crippen LogP contribution in [-0.4, -0.2) is 26.2 Å². The maximum atomic E-state index is 11.4. The van der Waals surface area contributed by atoms with Gasteiger partial charge in [-0.15, -0.1) is 0 Å². The van der Waals surface area contributed by atoms with Crippen LogP contribution in [0.2, 0.25) is 0 Å². The molecule has 0 aromatic carbocycles. The van der Waals surface area contributed by atoms with Crippen LogP contribution < -0.4 is 0 Å². The fourth-order valence-corrected chi connectivity index (χ4v) is 1.92. The van der Waals surface area contributed by atoms with Gasteiger partial charge >= 0.3 is 11.9 Å². The number of ether oxygens (including phenoxy) is 2. The van der Waals surface area contributed by atoms with Gasteiger partial charge in [0.2, 0.25) is 0 Å². The summed E-state index contributed by atoms with van der Waals surface area (Å²) in [6.45, 7) is 2.19. The van der Waals surface area contributed by atoms with Crippen LogP contribution in [0.5, 0.6) is 0 Å². The van der Waals surface area contributed by atoms with Gasteiger partial charge in [0.1, 0.15) is 0 Å². The minimum absolute atomic E-state index is 0.493. The van der Waals surface area contributed by atoms with Crippen LogP contribution in [0.25, 0.3) is 0 Å². The zero-order valence-electron chi connectivity index (χ0n) is 11.9. The van der Waals surface area contributed by atoms with Gasteiger partial charge in [0.05, 0.1) is 14.2 Å². The van der Waals surface area contributed by atoms with Crippen molar-refractivity contribution in [2.75, 3.05) is 14.2 Å². The highest BCUT2D eigenvalue weighted by Gasteiger charge is 2.27. The molecule has 0 rings (SSSR count). The summed E-state index contributed by atoms with van der Waals surface area (Å²) in [5.74, 6) is -1.74. The van der Waals surface area contributed by atoms with E-state index >= 15 is 0 Å². The molecule has 4 heteroatoms. The minimum Gasteiger partial charge on any atom is -0.468 e. The lowest BCUT2D eigenvalue weighted by molar-refractivity contribution is -0.159. The summed E-state index contributed by atoms with van der Waals surface area (Å²) in [4.78, 5) is 22.8. The molecule has 0 N–H and O–H groups in total. The van der Waals surface area contributed by atoms with E-state index in [-0.39, 0.29) is 0 Å².